The van der Waals surface area contributed by atoms with Crippen molar-refractivity contribution in [2.45, 2.75) is 17.5 Å². The van der Waals surface area contributed by atoms with Crippen LogP contribution in [-0.4, -0.2) is 23.6 Å². The van der Waals surface area contributed by atoms with Gasteiger partial charge in [-0.25, -0.2) is 0 Å². The highest BCUT2D eigenvalue weighted by molar-refractivity contribution is 6.44. The van der Waals surface area contributed by atoms with E-state index in [1.165, 1.54) is 0 Å². The maximum atomic E-state index is 12.1. The Labute approximate surface area is 140 Å². The summed E-state index contributed by atoms with van der Waals surface area (Å²) in [6, 6.07) is 18.8. The Bertz CT molecular complexity index is 576. The van der Waals surface area contributed by atoms with Crippen molar-refractivity contribution in [3.05, 3.63) is 71.8 Å². The van der Waals surface area contributed by atoms with Gasteiger partial charge in [0, 0.05) is 5.56 Å². The van der Waals surface area contributed by atoms with Crippen LogP contribution in [0.25, 0.3) is 0 Å². The number of halogens is 2. The van der Waals surface area contributed by atoms with Gasteiger partial charge < -0.3 is 10.1 Å². The Balaban J connectivity index is 1.86. The quantitative estimate of drug-likeness (QED) is 0.616. The first-order chi connectivity index (χ1) is 10.7. The highest BCUT2D eigenvalue weighted by atomic mass is 35.5. The van der Waals surface area contributed by atoms with Crippen molar-refractivity contribution in [3.8, 4) is 0 Å². The van der Waals surface area contributed by atoms with Gasteiger partial charge in [-0.3, -0.25) is 4.79 Å². The van der Waals surface area contributed by atoms with E-state index >= 15 is 0 Å². The van der Waals surface area contributed by atoms with Crippen LogP contribution in [0.15, 0.2) is 60.7 Å². The molecule has 3 nitrogen and oxygen atoms in total. The highest BCUT2D eigenvalue weighted by Crippen LogP contribution is 2.11. The second-order valence-electron chi connectivity index (χ2n) is 4.70. The zero-order chi connectivity index (χ0) is 15.8. The van der Waals surface area contributed by atoms with E-state index in [0.717, 1.165) is 12.0 Å². The number of hydrogen-bond donors (Lipinski definition) is 1. The van der Waals surface area contributed by atoms with Crippen molar-refractivity contribution in [2.75, 3.05) is 6.61 Å². The van der Waals surface area contributed by atoms with Crippen LogP contribution >= 0.6 is 23.2 Å². The Kier molecular flexibility index (Phi) is 6.72. The van der Waals surface area contributed by atoms with E-state index in [1.807, 2.05) is 36.4 Å². The summed E-state index contributed by atoms with van der Waals surface area (Å²) in [4.78, 5) is 11.2. The third-order valence-electron chi connectivity index (χ3n) is 3.07. The maximum Gasteiger partial charge on any atom is 0.253 e. The van der Waals surface area contributed by atoms with Gasteiger partial charge in [0.15, 0.2) is 11.1 Å². The molecule has 1 N–H and O–H groups in total. The lowest BCUT2D eigenvalue weighted by Crippen LogP contribution is -2.41. The normalized spacial score (nSPS) is 12.1. The van der Waals surface area contributed by atoms with Gasteiger partial charge in [0.05, 0.1) is 6.61 Å². The number of ether oxygens (including phenoxy) is 1. The van der Waals surface area contributed by atoms with Crippen LogP contribution in [0.2, 0.25) is 0 Å². The molecule has 0 aliphatic heterocycles. The van der Waals surface area contributed by atoms with Crippen molar-refractivity contribution >= 4 is 29.1 Å². The van der Waals surface area contributed by atoms with Gasteiger partial charge in [-0.05, 0) is 24.1 Å². The smallest absolute Gasteiger partial charge is 0.253 e. The van der Waals surface area contributed by atoms with Crippen molar-refractivity contribution in [1.29, 1.82) is 0 Å². The van der Waals surface area contributed by atoms with E-state index in [9.17, 15) is 4.79 Å². The number of amides is 1. The lowest BCUT2D eigenvalue weighted by atomic mass is 10.2. The Hall–Kier alpha value is -1.55. The van der Waals surface area contributed by atoms with Crippen LogP contribution in [0.5, 0.6) is 0 Å². The van der Waals surface area contributed by atoms with Gasteiger partial charge in [0.25, 0.3) is 5.91 Å². The molecular weight excluding hydrogens is 321 g/mol. The minimum Gasteiger partial charge on any atom is -0.355 e. The van der Waals surface area contributed by atoms with Crippen LogP contribution in [-0.2, 0) is 11.2 Å². The summed E-state index contributed by atoms with van der Waals surface area (Å²) in [5.41, 5.74) is 1.68. The van der Waals surface area contributed by atoms with Gasteiger partial charge in [0.2, 0.25) is 0 Å². The first-order valence-corrected chi connectivity index (χ1v) is 7.83. The third-order valence-corrected chi connectivity index (χ3v) is 3.53. The van der Waals surface area contributed by atoms with Gasteiger partial charge in [-0.15, -0.1) is 23.2 Å². The lowest BCUT2D eigenvalue weighted by molar-refractivity contribution is 0.0367. The molecule has 1 amide bonds. The monoisotopic (exact) mass is 337 g/mol. The number of alkyl halides is 2. The Morgan fingerprint density at radius 1 is 1.00 bits per heavy atom. The topological polar surface area (TPSA) is 38.3 Å². The van der Waals surface area contributed by atoms with Crippen LogP contribution in [0.3, 0.4) is 0 Å². The minimum atomic E-state index is -0.844. The molecule has 0 spiro atoms. The molecule has 116 valence electrons. The standard InChI is InChI=1S/C17H17Cl2NO2/c18-15(19)17(20-16(21)14-9-5-2-6-10-14)22-12-11-13-7-3-1-4-8-13/h1-10,15,17H,11-12H2,(H,20,21). The summed E-state index contributed by atoms with van der Waals surface area (Å²) in [5, 5.41) is 2.69. The predicted molar refractivity (Wildman–Crippen MR) is 89.3 cm³/mol. The number of nitrogens with one attached hydrogen (secondary N) is 1. The molecule has 1 unspecified atom stereocenters. The summed E-state index contributed by atoms with van der Waals surface area (Å²) < 4.78 is 5.60. The third kappa shape index (κ3) is 5.34. The molecule has 22 heavy (non-hydrogen) atoms. The first kappa shape index (κ1) is 16.8. The average molecular weight is 338 g/mol. The highest BCUT2D eigenvalue weighted by Gasteiger charge is 2.20. The second-order valence-corrected chi connectivity index (χ2v) is 5.86. The molecule has 0 aliphatic carbocycles. The molecule has 5 heteroatoms. The first-order valence-electron chi connectivity index (χ1n) is 6.96. The van der Waals surface area contributed by atoms with E-state index in [-0.39, 0.29) is 5.91 Å². The van der Waals surface area contributed by atoms with Crippen molar-refractivity contribution in [1.82, 2.24) is 5.32 Å². The van der Waals surface area contributed by atoms with E-state index in [4.69, 9.17) is 27.9 Å². The van der Waals surface area contributed by atoms with Gasteiger partial charge in [-0.1, -0.05) is 48.5 Å². The summed E-state index contributed by atoms with van der Waals surface area (Å²) in [6.07, 6.45) is -0.0290. The Morgan fingerprint density at radius 3 is 2.18 bits per heavy atom. The number of carbonyl (C=O) groups excluding carboxylic acids is 1. The molecule has 0 saturated carbocycles. The SMILES string of the molecule is O=C(NC(OCCc1ccccc1)C(Cl)Cl)c1ccccc1. The van der Waals surface area contributed by atoms with Crippen LogP contribution < -0.4 is 5.32 Å². The van der Waals surface area contributed by atoms with E-state index in [2.05, 4.69) is 5.32 Å². The summed E-state index contributed by atoms with van der Waals surface area (Å²) >= 11 is 11.8. The molecule has 1 atom stereocenters. The number of benzene rings is 2. The summed E-state index contributed by atoms with van der Waals surface area (Å²) in [7, 11) is 0. The zero-order valence-electron chi connectivity index (χ0n) is 11.9. The lowest BCUT2D eigenvalue weighted by Gasteiger charge is -2.20. The van der Waals surface area contributed by atoms with Gasteiger partial charge >= 0.3 is 0 Å². The zero-order valence-corrected chi connectivity index (χ0v) is 13.4. The summed E-state index contributed by atoms with van der Waals surface area (Å²) in [5.74, 6) is -0.267. The van der Waals surface area contributed by atoms with Crippen LogP contribution in [0.4, 0.5) is 0 Å². The van der Waals surface area contributed by atoms with Crippen molar-refractivity contribution in [2.24, 2.45) is 0 Å². The molecule has 2 aromatic carbocycles. The fourth-order valence-corrected chi connectivity index (χ4v) is 2.20. The Morgan fingerprint density at radius 2 is 1.59 bits per heavy atom. The molecule has 0 bridgehead atoms. The average Bonchev–Trinajstić information content (AvgIpc) is 2.55. The molecule has 0 fully saturated rings. The number of hydrogen-bond acceptors (Lipinski definition) is 2. The molecule has 0 aromatic heterocycles. The van der Waals surface area contributed by atoms with Crippen molar-refractivity contribution < 1.29 is 9.53 Å². The van der Waals surface area contributed by atoms with Crippen LogP contribution in [0.1, 0.15) is 15.9 Å². The molecule has 0 saturated heterocycles. The maximum absolute atomic E-state index is 12.1. The molecule has 0 heterocycles. The molecule has 2 rings (SSSR count). The van der Waals surface area contributed by atoms with Crippen LogP contribution in [0, 0.1) is 0 Å². The molecule has 0 aliphatic rings. The van der Waals surface area contributed by atoms with E-state index < -0.39 is 11.1 Å². The summed E-state index contributed by atoms with van der Waals surface area (Å²) in [6.45, 7) is 0.416. The molecule has 2 aromatic rings. The largest absolute Gasteiger partial charge is 0.355 e. The van der Waals surface area contributed by atoms with Gasteiger partial charge in [-0.2, -0.15) is 0 Å². The minimum absolute atomic E-state index is 0.267. The molecule has 0 radical (unpaired) electrons. The molecular formula is C17H17Cl2NO2. The fourth-order valence-electron chi connectivity index (χ4n) is 1.93. The fraction of sp³-hybridized carbons (Fsp3) is 0.235. The predicted octanol–water partition coefficient (Wildman–Crippen LogP) is 3.81. The number of rotatable bonds is 7. The second kappa shape index (κ2) is 8.79. The van der Waals surface area contributed by atoms with Crippen molar-refractivity contribution in [3.63, 3.8) is 0 Å². The van der Waals surface area contributed by atoms with Gasteiger partial charge in [0.1, 0.15) is 0 Å². The van der Waals surface area contributed by atoms with E-state index in [0.29, 0.717) is 12.2 Å². The van der Waals surface area contributed by atoms with E-state index in [1.54, 1.807) is 24.3 Å². The number of carbonyl (C=O) groups is 1.